The van der Waals surface area contributed by atoms with Crippen LogP contribution in [0.5, 0.6) is 0 Å². The standard InChI is InChI=1S/C23H29N3O5S2/c1-3-24(4-2)23(27)21-10-12-22(13-11-21)33(30,31)26-17-15-25(16-18-26)32(28,29)19-14-20-8-6-5-7-9-20/h5-14,19H,3-4,15-18H2,1-2H3/b19-14+. The number of carbonyl (C=O) groups is 1. The van der Waals surface area contributed by atoms with E-state index in [1.807, 2.05) is 32.0 Å². The van der Waals surface area contributed by atoms with Crippen molar-refractivity contribution in [1.29, 1.82) is 0 Å². The van der Waals surface area contributed by atoms with Gasteiger partial charge in [-0.15, -0.1) is 0 Å². The van der Waals surface area contributed by atoms with Crippen LogP contribution in [0, 0.1) is 0 Å². The first kappa shape index (κ1) is 25.1. The Morgan fingerprint density at radius 1 is 0.848 bits per heavy atom. The Labute approximate surface area is 196 Å². The van der Waals surface area contributed by atoms with Crippen molar-refractivity contribution < 1.29 is 21.6 Å². The van der Waals surface area contributed by atoms with Crippen LogP contribution in [0.2, 0.25) is 0 Å². The molecule has 0 bridgehead atoms. The molecule has 10 heteroatoms. The second kappa shape index (κ2) is 10.6. The van der Waals surface area contributed by atoms with E-state index in [1.165, 1.54) is 39.0 Å². The largest absolute Gasteiger partial charge is 0.339 e. The summed E-state index contributed by atoms with van der Waals surface area (Å²) in [5.74, 6) is -0.147. The molecular weight excluding hydrogens is 462 g/mol. The van der Waals surface area contributed by atoms with Crippen LogP contribution in [0.4, 0.5) is 0 Å². The van der Waals surface area contributed by atoms with Gasteiger partial charge >= 0.3 is 0 Å². The van der Waals surface area contributed by atoms with Crippen molar-refractivity contribution in [3.63, 3.8) is 0 Å². The smallest absolute Gasteiger partial charge is 0.253 e. The van der Waals surface area contributed by atoms with Gasteiger partial charge in [-0.2, -0.15) is 8.61 Å². The van der Waals surface area contributed by atoms with Gasteiger partial charge in [0.15, 0.2) is 0 Å². The van der Waals surface area contributed by atoms with E-state index in [0.29, 0.717) is 18.7 Å². The molecule has 0 saturated carbocycles. The molecule has 1 saturated heterocycles. The summed E-state index contributed by atoms with van der Waals surface area (Å²) in [5, 5.41) is 1.15. The van der Waals surface area contributed by atoms with Crippen molar-refractivity contribution >= 4 is 32.0 Å². The number of nitrogens with zero attached hydrogens (tertiary/aromatic N) is 3. The highest BCUT2D eigenvalue weighted by Gasteiger charge is 2.32. The Bertz CT molecular complexity index is 1180. The Morgan fingerprint density at radius 2 is 1.39 bits per heavy atom. The zero-order valence-electron chi connectivity index (χ0n) is 18.8. The molecule has 0 unspecified atom stereocenters. The van der Waals surface area contributed by atoms with E-state index in [-0.39, 0.29) is 37.0 Å². The Balaban J connectivity index is 1.66. The third kappa shape index (κ3) is 5.89. The second-order valence-corrected chi connectivity index (χ2v) is 11.3. The molecule has 33 heavy (non-hydrogen) atoms. The minimum absolute atomic E-state index is 0.0564. The van der Waals surface area contributed by atoms with Gasteiger partial charge in [0.05, 0.1) is 4.90 Å². The summed E-state index contributed by atoms with van der Waals surface area (Å²) in [6.07, 6.45) is 1.53. The van der Waals surface area contributed by atoms with Crippen LogP contribution in [0.15, 0.2) is 64.9 Å². The normalized spacial score (nSPS) is 16.2. The molecule has 0 aliphatic carbocycles. The Morgan fingerprint density at radius 3 is 1.94 bits per heavy atom. The fourth-order valence-corrected chi connectivity index (χ4v) is 6.19. The van der Waals surface area contributed by atoms with Gasteiger partial charge in [0, 0.05) is 50.2 Å². The summed E-state index contributed by atoms with van der Waals surface area (Å²) in [6, 6.07) is 15.0. The maximum atomic E-state index is 13.0. The molecule has 1 fully saturated rings. The minimum atomic E-state index is -3.79. The van der Waals surface area contributed by atoms with Gasteiger partial charge < -0.3 is 4.90 Å². The van der Waals surface area contributed by atoms with Crippen LogP contribution in [-0.2, 0) is 20.0 Å². The predicted molar refractivity (Wildman–Crippen MR) is 128 cm³/mol. The van der Waals surface area contributed by atoms with Crippen LogP contribution < -0.4 is 0 Å². The molecule has 178 valence electrons. The molecule has 3 rings (SSSR count). The predicted octanol–water partition coefficient (Wildman–Crippen LogP) is 2.48. The lowest BCUT2D eigenvalue weighted by Crippen LogP contribution is -2.49. The van der Waals surface area contributed by atoms with E-state index in [0.717, 1.165) is 11.0 Å². The third-order valence-electron chi connectivity index (χ3n) is 5.58. The first-order valence-corrected chi connectivity index (χ1v) is 13.8. The highest BCUT2D eigenvalue weighted by molar-refractivity contribution is 7.92. The first-order valence-electron chi connectivity index (χ1n) is 10.8. The molecule has 2 aromatic carbocycles. The summed E-state index contributed by atoms with van der Waals surface area (Å²) in [7, 11) is -7.45. The number of hydrogen-bond acceptors (Lipinski definition) is 5. The lowest BCUT2D eigenvalue weighted by Gasteiger charge is -2.32. The maximum Gasteiger partial charge on any atom is 0.253 e. The van der Waals surface area contributed by atoms with Crippen molar-refractivity contribution in [2.45, 2.75) is 18.7 Å². The van der Waals surface area contributed by atoms with Gasteiger partial charge in [0.1, 0.15) is 0 Å². The lowest BCUT2D eigenvalue weighted by molar-refractivity contribution is 0.0773. The van der Waals surface area contributed by atoms with Crippen LogP contribution in [0.1, 0.15) is 29.8 Å². The Kier molecular flexibility index (Phi) is 8.06. The van der Waals surface area contributed by atoms with Gasteiger partial charge in [-0.1, -0.05) is 30.3 Å². The number of rotatable bonds is 8. The number of benzene rings is 2. The van der Waals surface area contributed by atoms with Gasteiger partial charge in [0.2, 0.25) is 20.0 Å². The molecule has 0 spiro atoms. The van der Waals surface area contributed by atoms with Crippen LogP contribution in [0.25, 0.3) is 6.08 Å². The molecular formula is C23H29N3O5S2. The zero-order chi connectivity index (χ0) is 24.1. The van der Waals surface area contributed by atoms with Gasteiger partial charge in [0.25, 0.3) is 5.91 Å². The monoisotopic (exact) mass is 491 g/mol. The molecule has 8 nitrogen and oxygen atoms in total. The van der Waals surface area contributed by atoms with Crippen LogP contribution >= 0.6 is 0 Å². The Hall–Kier alpha value is -2.53. The average molecular weight is 492 g/mol. The van der Waals surface area contributed by atoms with Crippen molar-refractivity contribution in [2.24, 2.45) is 0 Å². The fourth-order valence-electron chi connectivity index (χ4n) is 3.59. The number of piperazine rings is 1. The molecule has 1 aliphatic heterocycles. The average Bonchev–Trinajstić information content (AvgIpc) is 2.84. The number of hydrogen-bond donors (Lipinski definition) is 0. The zero-order valence-corrected chi connectivity index (χ0v) is 20.4. The summed E-state index contributed by atoms with van der Waals surface area (Å²) in [6.45, 7) is 5.17. The fraction of sp³-hybridized carbons (Fsp3) is 0.348. The summed E-state index contributed by atoms with van der Waals surface area (Å²) >= 11 is 0. The number of sulfonamides is 2. The van der Waals surface area contributed by atoms with Crippen molar-refractivity contribution in [2.75, 3.05) is 39.3 Å². The molecule has 1 heterocycles. The van der Waals surface area contributed by atoms with E-state index in [1.54, 1.807) is 17.0 Å². The molecule has 0 N–H and O–H groups in total. The van der Waals surface area contributed by atoms with Crippen molar-refractivity contribution in [1.82, 2.24) is 13.5 Å². The molecule has 1 aliphatic rings. The SMILES string of the molecule is CCN(CC)C(=O)c1ccc(S(=O)(=O)N2CCN(S(=O)(=O)/C=C/c3ccccc3)CC2)cc1. The number of carbonyl (C=O) groups excluding carboxylic acids is 1. The molecule has 2 aromatic rings. The molecule has 1 amide bonds. The van der Waals surface area contributed by atoms with Gasteiger partial charge in [-0.25, -0.2) is 16.8 Å². The van der Waals surface area contributed by atoms with Gasteiger partial charge in [-0.3, -0.25) is 4.79 Å². The topological polar surface area (TPSA) is 95.1 Å². The van der Waals surface area contributed by atoms with Gasteiger partial charge in [-0.05, 0) is 49.8 Å². The minimum Gasteiger partial charge on any atom is -0.339 e. The van der Waals surface area contributed by atoms with E-state index in [2.05, 4.69) is 0 Å². The number of amides is 1. The van der Waals surface area contributed by atoms with E-state index >= 15 is 0 Å². The maximum absolute atomic E-state index is 13.0. The summed E-state index contributed by atoms with van der Waals surface area (Å²) in [5.41, 5.74) is 1.20. The quantitative estimate of drug-likeness (QED) is 0.565. The van der Waals surface area contributed by atoms with E-state index in [4.69, 9.17) is 0 Å². The van der Waals surface area contributed by atoms with E-state index < -0.39 is 20.0 Å². The van der Waals surface area contributed by atoms with Crippen molar-refractivity contribution in [3.8, 4) is 0 Å². The second-order valence-electron chi connectivity index (χ2n) is 7.56. The molecule has 0 aromatic heterocycles. The van der Waals surface area contributed by atoms with E-state index in [9.17, 15) is 21.6 Å². The highest BCUT2D eigenvalue weighted by atomic mass is 32.2. The molecule has 0 atom stereocenters. The molecule has 0 radical (unpaired) electrons. The summed E-state index contributed by atoms with van der Waals surface area (Å²) in [4.78, 5) is 14.2. The van der Waals surface area contributed by atoms with Crippen LogP contribution in [-0.4, -0.2) is 75.5 Å². The first-order chi connectivity index (χ1) is 15.7. The summed E-state index contributed by atoms with van der Waals surface area (Å²) < 4.78 is 53.9. The lowest BCUT2D eigenvalue weighted by atomic mass is 10.2. The van der Waals surface area contributed by atoms with Crippen molar-refractivity contribution in [3.05, 3.63) is 71.1 Å². The highest BCUT2D eigenvalue weighted by Crippen LogP contribution is 2.20. The third-order valence-corrected chi connectivity index (χ3v) is 9.06. The van der Waals surface area contributed by atoms with Crippen LogP contribution in [0.3, 0.4) is 0 Å².